The molecule has 17 heavy (non-hydrogen) atoms. The van der Waals surface area contributed by atoms with Gasteiger partial charge in [0.25, 0.3) is 0 Å². The highest BCUT2D eigenvalue weighted by molar-refractivity contribution is 7.99. The molecule has 1 aromatic carbocycles. The smallest absolute Gasteiger partial charge is 0.118 e. The Hall–Kier alpha value is -0.630. The minimum atomic E-state index is 0.445. The van der Waals surface area contributed by atoms with Crippen LogP contribution in [0.25, 0.3) is 0 Å². The summed E-state index contributed by atoms with van der Waals surface area (Å²) in [4.78, 5) is 0. The molecular weight excluding hydrogens is 228 g/mol. The van der Waals surface area contributed by atoms with Crippen LogP contribution in [0.2, 0.25) is 0 Å². The van der Waals surface area contributed by atoms with Gasteiger partial charge >= 0.3 is 0 Å². The van der Waals surface area contributed by atoms with Gasteiger partial charge in [-0.25, -0.2) is 0 Å². The van der Waals surface area contributed by atoms with Gasteiger partial charge in [0.1, 0.15) is 5.75 Å². The highest BCUT2D eigenvalue weighted by Crippen LogP contribution is 2.18. The Morgan fingerprint density at radius 1 is 1.00 bits per heavy atom. The third kappa shape index (κ3) is 6.62. The van der Waals surface area contributed by atoms with E-state index in [-0.39, 0.29) is 0 Å². The molecule has 0 unspecified atom stereocenters. The normalized spacial score (nSPS) is 10.6. The van der Waals surface area contributed by atoms with Crippen molar-refractivity contribution in [2.24, 2.45) is 0 Å². The first-order valence-corrected chi connectivity index (χ1v) is 7.84. The van der Waals surface area contributed by atoms with E-state index in [9.17, 15) is 5.11 Å². The van der Waals surface area contributed by atoms with Crippen molar-refractivity contribution < 1.29 is 5.11 Å². The summed E-state index contributed by atoms with van der Waals surface area (Å²) in [5.41, 5.74) is 1.08. The second-order valence-corrected chi connectivity index (χ2v) is 5.63. The summed E-state index contributed by atoms with van der Waals surface area (Å²) >= 11 is 2.05. The van der Waals surface area contributed by atoms with Gasteiger partial charge in [0.15, 0.2) is 0 Å². The molecular formula is C15H24OS. The van der Waals surface area contributed by atoms with Crippen LogP contribution in [0.4, 0.5) is 0 Å². The summed E-state index contributed by atoms with van der Waals surface area (Å²) < 4.78 is 0. The van der Waals surface area contributed by atoms with Crippen molar-refractivity contribution >= 4 is 11.8 Å². The summed E-state index contributed by atoms with van der Waals surface area (Å²) in [6.45, 7) is 2.25. The van der Waals surface area contributed by atoms with E-state index in [0.717, 1.165) is 18.4 Å². The molecule has 0 spiro atoms. The first-order valence-electron chi connectivity index (χ1n) is 6.69. The largest absolute Gasteiger partial charge is 0.508 e. The Morgan fingerprint density at radius 2 is 1.76 bits per heavy atom. The van der Waals surface area contributed by atoms with Gasteiger partial charge in [-0.1, -0.05) is 44.4 Å². The van der Waals surface area contributed by atoms with E-state index in [2.05, 4.69) is 6.92 Å². The summed E-state index contributed by atoms with van der Waals surface area (Å²) in [6, 6.07) is 7.66. The lowest BCUT2D eigenvalue weighted by molar-refractivity contribution is 0.467. The molecule has 0 heterocycles. The summed E-state index contributed by atoms with van der Waals surface area (Å²) in [5, 5.41) is 9.60. The topological polar surface area (TPSA) is 20.2 Å². The molecule has 0 saturated heterocycles. The van der Waals surface area contributed by atoms with Crippen LogP contribution in [0.15, 0.2) is 24.3 Å². The third-order valence-corrected chi connectivity index (χ3v) is 4.02. The van der Waals surface area contributed by atoms with Gasteiger partial charge in [0.05, 0.1) is 0 Å². The van der Waals surface area contributed by atoms with Gasteiger partial charge in [-0.05, 0) is 42.4 Å². The molecule has 0 saturated carbocycles. The molecule has 1 nitrogen and oxygen atoms in total. The standard InChI is InChI=1S/C15H24OS/c1-2-3-4-7-12-17-13-8-10-14-9-5-6-11-15(14)16/h5-6,9,11,16H,2-4,7-8,10,12-13H2,1H3. The third-order valence-electron chi connectivity index (χ3n) is 2.87. The molecule has 96 valence electrons. The fraction of sp³-hybridized carbons (Fsp3) is 0.600. The van der Waals surface area contributed by atoms with Crippen LogP contribution in [0.1, 0.15) is 44.6 Å². The van der Waals surface area contributed by atoms with Gasteiger partial charge < -0.3 is 5.11 Å². The minimum Gasteiger partial charge on any atom is -0.508 e. The van der Waals surface area contributed by atoms with E-state index in [1.54, 1.807) is 6.07 Å². The molecule has 0 bridgehead atoms. The molecule has 0 aliphatic carbocycles. The number of thioether (sulfide) groups is 1. The Bertz CT molecular complexity index is 299. The molecule has 1 rings (SSSR count). The molecule has 0 amide bonds. The molecule has 0 radical (unpaired) electrons. The number of rotatable bonds is 9. The summed E-state index contributed by atoms with van der Waals surface area (Å²) in [5.74, 6) is 2.95. The lowest BCUT2D eigenvalue weighted by Gasteiger charge is -2.04. The number of para-hydroxylation sites is 1. The number of unbranched alkanes of at least 4 members (excludes halogenated alkanes) is 3. The minimum absolute atomic E-state index is 0.445. The van der Waals surface area contributed by atoms with Crippen molar-refractivity contribution in [3.8, 4) is 5.75 Å². The Kier molecular flexibility index (Phi) is 7.98. The van der Waals surface area contributed by atoms with Gasteiger partial charge in [0, 0.05) is 0 Å². The van der Waals surface area contributed by atoms with Crippen LogP contribution in [-0.2, 0) is 6.42 Å². The van der Waals surface area contributed by atoms with Crippen LogP contribution < -0.4 is 0 Å². The zero-order valence-corrected chi connectivity index (χ0v) is 11.6. The second kappa shape index (κ2) is 9.41. The molecule has 0 aliphatic heterocycles. The SMILES string of the molecule is CCCCCCSCCCc1ccccc1O. The van der Waals surface area contributed by atoms with E-state index in [1.165, 1.54) is 37.2 Å². The maximum absolute atomic E-state index is 9.60. The Labute approximate surface area is 110 Å². The van der Waals surface area contributed by atoms with Gasteiger partial charge in [-0.3, -0.25) is 0 Å². The van der Waals surface area contributed by atoms with Crippen molar-refractivity contribution in [2.45, 2.75) is 45.4 Å². The zero-order chi connectivity index (χ0) is 12.3. The van der Waals surface area contributed by atoms with E-state index < -0.39 is 0 Å². The molecule has 0 aromatic heterocycles. The quantitative estimate of drug-likeness (QED) is 0.646. The van der Waals surface area contributed by atoms with Crippen molar-refractivity contribution in [3.05, 3.63) is 29.8 Å². The van der Waals surface area contributed by atoms with E-state index in [4.69, 9.17) is 0 Å². The van der Waals surface area contributed by atoms with Crippen LogP contribution in [-0.4, -0.2) is 16.6 Å². The lowest BCUT2D eigenvalue weighted by atomic mass is 10.1. The molecule has 1 aromatic rings. The number of phenols is 1. The first kappa shape index (κ1) is 14.4. The number of aromatic hydroxyl groups is 1. The van der Waals surface area contributed by atoms with E-state index in [1.807, 2.05) is 30.0 Å². The van der Waals surface area contributed by atoms with E-state index in [0.29, 0.717) is 5.75 Å². The average molecular weight is 252 g/mol. The maximum Gasteiger partial charge on any atom is 0.118 e. The van der Waals surface area contributed by atoms with Gasteiger partial charge in [-0.15, -0.1) is 0 Å². The Morgan fingerprint density at radius 3 is 2.53 bits per heavy atom. The predicted molar refractivity (Wildman–Crippen MR) is 77.9 cm³/mol. The van der Waals surface area contributed by atoms with Crippen molar-refractivity contribution in [2.75, 3.05) is 11.5 Å². The molecule has 2 heteroatoms. The first-order chi connectivity index (χ1) is 8.34. The number of phenolic OH excluding ortho intramolecular Hbond substituents is 1. The summed E-state index contributed by atoms with van der Waals surface area (Å²) in [6.07, 6.45) is 7.58. The lowest BCUT2D eigenvalue weighted by Crippen LogP contribution is -1.90. The maximum atomic E-state index is 9.60. The highest BCUT2D eigenvalue weighted by atomic mass is 32.2. The number of benzene rings is 1. The monoisotopic (exact) mass is 252 g/mol. The number of hydrogen-bond acceptors (Lipinski definition) is 2. The number of hydrogen-bond donors (Lipinski definition) is 1. The second-order valence-electron chi connectivity index (χ2n) is 4.41. The van der Waals surface area contributed by atoms with E-state index >= 15 is 0 Å². The zero-order valence-electron chi connectivity index (χ0n) is 10.8. The van der Waals surface area contributed by atoms with Gasteiger partial charge in [-0.2, -0.15) is 11.8 Å². The Balaban J connectivity index is 1.99. The summed E-state index contributed by atoms with van der Waals surface area (Å²) in [7, 11) is 0. The highest BCUT2D eigenvalue weighted by Gasteiger charge is 1.99. The van der Waals surface area contributed by atoms with Crippen LogP contribution in [0.5, 0.6) is 5.75 Å². The molecule has 1 N–H and O–H groups in total. The number of aryl methyl sites for hydroxylation is 1. The molecule has 0 aliphatic rings. The van der Waals surface area contributed by atoms with Crippen LogP contribution >= 0.6 is 11.8 Å². The fourth-order valence-electron chi connectivity index (χ4n) is 1.82. The van der Waals surface area contributed by atoms with Crippen molar-refractivity contribution in [1.82, 2.24) is 0 Å². The van der Waals surface area contributed by atoms with Gasteiger partial charge in [0.2, 0.25) is 0 Å². The van der Waals surface area contributed by atoms with Crippen molar-refractivity contribution in [1.29, 1.82) is 0 Å². The van der Waals surface area contributed by atoms with Crippen molar-refractivity contribution in [3.63, 3.8) is 0 Å². The molecule has 0 atom stereocenters. The fourth-order valence-corrected chi connectivity index (χ4v) is 2.78. The van der Waals surface area contributed by atoms with Crippen LogP contribution in [0.3, 0.4) is 0 Å². The predicted octanol–water partition coefficient (Wildman–Crippen LogP) is 4.64. The molecule has 0 fully saturated rings. The van der Waals surface area contributed by atoms with Crippen LogP contribution in [0, 0.1) is 0 Å². The average Bonchev–Trinajstić information content (AvgIpc) is 2.35.